The van der Waals surface area contributed by atoms with E-state index < -0.39 is 0 Å². The SMILES string of the molecule is CN1CCC(CNC2=NCCCN2C)CC1=O.I. The number of piperidine rings is 1. The number of carbonyl (C=O) groups excluding carboxylic acids is 1. The Morgan fingerprint density at radius 2 is 2.11 bits per heavy atom. The molecule has 0 aromatic rings. The topological polar surface area (TPSA) is 47.9 Å². The molecule has 2 aliphatic rings. The lowest BCUT2D eigenvalue weighted by molar-refractivity contribution is -0.133. The number of aliphatic imine (C=N–C) groups is 1. The van der Waals surface area contributed by atoms with Crippen molar-refractivity contribution >= 4 is 35.8 Å². The van der Waals surface area contributed by atoms with Gasteiger partial charge in [-0.15, -0.1) is 24.0 Å². The first kappa shape index (κ1) is 15.5. The summed E-state index contributed by atoms with van der Waals surface area (Å²) in [6.07, 6.45) is 2.89. The largest absolute Gasteiger partial charge is 0.356 e. The van der Waals surface area contributed by atoms with E-state index in [1.807, 2.05) is 11.9 Å². The van der Waals surface area contributed by atoms with E-state index in [2.05, 4.69) is 22.3 Å². The summed E-state index contributed by atoms with van der Waals surface area (Å²) in [5, 5.41) is 3.38. The Balaban J connectivity index is 0.00000162. The molecule has 1 unspecified atom stereocenters. The van der Waals surface area contributed by atoms with Crippen molar-refractivity contribution in [2.75, 3.05) is 40.3 Å². The summed E-state index contributed by atoms with van der Waals surface area (Å²) < 4.78 is 0. The smallest absolute Gasteiger partial charge is 0.222 e. The van der Waals surface area contributed by atoms with E-state index in [-0.39, 0.29) is 29.9 Å². The number of guanidine groups is 1. The molecule has 5 nitrogen and oxygen atoms in total. The third-order valence-electron chi connectivity index (χ3n) is 3.59. The van der Waals surface area contributed by atoms with Gasteiger partial charge in [-0.25, -0.2) is 0 Å². The molecule has 0 saturated carbocycles. The molecule has 2 rings (SSSR count). The number of rotatable bonds is 2. The van der Waals surface area contributed by atoms with Crippen LogP contribution in [0.3, 0.4) is 0 Å². The standard InChI is InChI=1S/C12H22N4O.HI/c1-15-7-4-10(8-11(15)17)9-14-12-13-5-3-6-16(12)2;/h10H,3-9H2,1-2H3,(H,13,14);1H. The fourth-order valence-electron chi connectivity index (χ4n) is 2.33. The van der Waals surface area contributed by atoms with Crippen molar-refractivity contribution < 1.29 is 4.79 Å². The van der Waals surface area contributed by atoms with Gasteiger partial charge in [0.15, 0.2) is 5.96 Å². The molecule has 2 aliphatic heterocycles. The number of nitrogens with zero attached hydrogens (tertiary/aromatic N) is 3. The van der Waals surface area contributed by atoms with Crippen molar-refractivity contribution in [3.05, 3.63) is 0 Å². The van der Waals surface area contributed by atoms with E-state index in [1.54, 1.807) is 0 Å². The third kappa shape index (κ3) is 4.00. The van der Waals surface area contributed by atoms with Gasteiger partial charge in [0.2, 0.25) is 5.91 Å². The molecule has 1 saturated heterocycles. The first-order valence-corrected chi connectivity index (χ1v) is 6.40. The highest BCUT2D eigenvalue weighted by atomic mass is 127. The Labute approximate surface area is 126 Å². The van der Waals surface area contributed by atoms with Crippen LogP contribution >= 0.6 is 24.0 Å². The van der Waals surface area contributed by atoms with E-state index in [0.29, 0.717) is 12.3 Å². The van der Waals surface area contributed by atoms with E-state index in [1.165, 1.54) is 0 Å². The number of nitrogens with one attached hydrogen (secondary N) is 1. The molecule has 2 heterocycles. The normalized spacial score (nSPS) is 24.4. The predicted octanol–water partition coefficient (Wildman–Crippen LogP) is 0.754. The van der Waals surface area contributed by atoms with Gasteiger partial charge >= 0.3 is 0 Å². The van der Waals surface area contributed by atoms with Crippen molar-refractivity contribution in [1.82, 2.24) is 15.1 Å². The fraction of sp³-hybridized carbons (Fsp3) is 0.833. The average Bonchev–Trinajstić information content (AvgIpc) is 2.32. The van der Waals surface area contributed by atoms with Crippen molar-refractivity contribution in [3.8, 4) is 0 Å². The summed E-state index contributed by atoms with van der Waals surface area (Å²) in [5.74, 6) is 1.71. The van der Waals surface area contributed by atoms with Crippen LogP contribution in [0.1, 0.15) is 19.3 Å². The lowest BCUT2D eigenvalue weighted by atomic mass is 9.96. The van der Waals surface area contributed by atoms with E-state index in [0.717, 1.165) is 45.0 Å². The number of halogens is 1. The zero-order chi connectivity index (χ0) is 12.3. The van der Waals surface area contributed by atoms with E-state index in [9.17, 15) is 4.79 Å². The molecule has 0 aromatic carbocycles. The predicted molar refractivity (Wildman–Crippen MR) is 83.3 cm³/mol. The molecule has 1 fully saturated rings. The number of amides is 1. The first-order chi connectivity index (χ1) is 8.16. The monoisotopic (exact) mass is 366 g/mol. The molecule has 6 heteroatoms. The van der Waals surface area contributed by atoms with Crippen LogP contribution in [0.4, 0.5) is 0 Å². The second-order valence-electron chi connectivity index (χ2n) is 5.04. The molecule has 104 valence electrons. The lowest BCUT2D eigenvalue weighted by Crippen LogP contribution is -2.46. The number of likely N-dealkylation sites (tertiary alicyclic amines) is 1. The second-order valence-corrected chi connectivity index (χ2v) is 5.04. The molecule has 0 aliphatic carbocycles. The molecular weight excluding hydrogens is 343 g/mol. The highest BCUT2D eigenvalue weighted by Gasteiger charge is 2.23. The maximum Gasteiger partial charge on any atom is 0.222 e. The Bertz CT molecular complexity index is 321. The molecule has 0 spiro atoms. The van der Waals surface area contributed by atoms with Gasteiger partial charge in [0, 0.05) is 46.7 Å². The van der Waals surface area contributed by atoms with E-state index >= 15 is 0 Å². The van der Waals surface area contributed by atoms with Crippen LogP contribution in [0, 0.1) is 5.92 Å². The van der Waals surface area contributed by atoms with Gasteiger partial charge in [-0.2, -0.15) is 0 Å². The van der Waals surface area contributed by atoms with Gasteiger partial charge in [-0.3, -0.25) is 9.79 Å². The third-order valence-corrected chi connectivity index (χ3v) is 3.59. The van der Waals surface area contributed by atoms with Crippen LogP contribution in [0.5, 0.6) is 0 Å². The summed E-state index contributed by atoms with van der Waals surface area (Å²) >= 11 is 0. The van der Waals surface area contributed by atoms with Gasteiger partial charge in [-0.1, -0.05) is 0 Å². The maximum absolute atomic E-state index is 11.6. The van der Waals surface area contributed by atoms with Crippen LogP contribution in [-0.4, -0.2) is 61.9 Å². The molecule has 1 atom stereocenters. The van der Waals surface area contributed by atoms with Crippen molar-refractivity contribution in [2.45, 2.75) is 19.3 Å². The maximum atomic E-state index is 11.6. The van der Waals surface area contributed by atoms with Gasteiger partial charge in [0.05, 0.1) is 0 Å². The van der Waals surface area contributed by atoms with Crippen LogP contribution in [0.15, 0.2) is 4.99 Å². The van der Waals surface area contributed by atoms with Crippen molar-refractivity contribution in [1.29, 1.82) is 0 Å². The minimum atomic E-state index is 0. The number of hydrogen-bond donors (Lipinski definition) is 1. The number of carbonyl (C=O) groups is 1. The van der Waals surface area contributed by atoms with Gasteiger partial charge in [0.25, 0.3) is 0 Å². The lowest BCUT2D eigenvalue weighted by Gasteiger charge is -2.31. The summed E-state index contributed by atoms with van der Waals surface area (Å²) in [5.41, 5.74) is 0. The molecule has 1 amide bonds. The number of hydrogen-bond acceptors (Lipinski definition) is 4. The summed E-state index contributed by atoms with van der Waals surface area (Å²) in [6, 6.07) is 0. The highest BCUT2D eigenvalue weighted by Crippen LogP contribution is 2.16. The minimum absolute atomic E-state index is 0. The minimum Gasteiger partial charge on any atom is -0.356 e. The zero-order valence-electron chi connectivity index (χ0n) is 11.2. The van der Waals surface area contributed by atoms with Gasteiger partial charge in [-0.05, 0) is 18.8 Å². The summed E-state index contributed by atoms with van der Waals surface area (Å²) in [6.45, 7) is 3.73. The van der Waals surface area contributed by atoms with E-state index in [4.69, 9.17) is 0 Å². The zero-order valence-corrected chi connectivity index (χ0v) is 13.5. The Kier molecular flexibility index (Phi) is 6.17. The fourth-order valence-corrected chi connectivity index (χ4v) is 2.33. The molecule has 0 aromatic heterocycles. The Morgan fingerprint density at radius 3 is 2.78 bits per heavy atom. The second kappa shape index (κ2) is 7.16. The van der Waals surface area contributed by atoms with Crippen LogP contribution in [0.25, 0.3) is 0 Å². The van der Waals surface area contributed by atoms with Gasteiger partial charge < -0.3 is 15.1 Å². The van der Waals surface area contributed by atoms with Crippen LogP contribution in [0.2, 0.25) is 0 Å². The van der Waals surface area contributed by atoms with Crippen LogP contribution in [-0.2, 0) is 4.79 Å². The highest BCUT2D eigenvalue weighted by molar-refractivity contribution is 14.0. The molecular formula is C12H23IN4O. The molecule has 0 bridgehead atoms. The quantitative estimate of drug-likeness (QED) is 0.734. The Morgan fingerprint density at radius 1 is 1.33 bits per heavy atom. The average molecular weight is 366 g/mol. The summed E-state index contributed by atoms with van der Waals surface area (Å²) in [7, 11) is 3.94. The molecule has 0 radical (unpaired) electrons. The first-order valence-electron chi connectivity index (χ1n) is 6.40. The van der Waals surface area contributed by atoms with Crippen molar-refractivity contribution in [2.24, 2.45) is 10.9 Å². The summed E-state index contributed by atoms with van der Waals surface area (Å²) in [4.78, 5) is 20.0. The van der Waals surface area contributed by atoms with Gasteiger partial charge in [0.1, 0.15) is 0 Å². The van der Waals surface area contributed by atoms with Crippen molar-refractivity contribution in [3.63, 3.8) is 0 Å². The van der Waals surface area contributed by atoms with Crippen LogP contribution < -0.4 is 5.32 Å². The molecule has 18 heavy (non-hydrogen) atoms. The Hall–Kier alpha value is -0.530. The molecule has 1 N–H and O–H groups in total.